The number of anilines is 1. The molecule has 1 heterocycles. The molecule has 10 nitrogen and oxygen atoms in total. The summed E-state index contributed by atoms with van der Waals surface area (Å²) >= 11 is 0. The summed E-state index contributed by atoms with van der Waals surface area (Å²) in [6.07, 6.45) is 0. The van der Waals surface area contributed by atoms with Crippen molar-refractivity contribution in [3.05, 3.63) is 46.8 Å². The molecule has 0 saturated heterocycles. The van der Waals surface area contributed by atoms with Gasteiger partial charge in [0.15, 0.2) is 6.61 Å². The molecule has 0 radical (unpaired) electrons. The minimum absolute atomic E-state index is 0.0594. The minimum atomic E-state index is -0.793. The number of H-pyrrole nitrogens is 1. The third kappa shape index (κ3) is 5.84. The van der Waals surface area contributed by atoms with Gasteiger partial charge in [0.25, 0.3) is 5.91 Å². The summed E-state index contributed by atoms with van der Waals surface area (Å²) in [5.41, 5.74) is 1.65. The largest absolute Gasteiger partial charge is 0.497 e. The first-order valence-corrected chi connectivity index (χ1v) is 9.30. The van der Waals surface area contributed by atoms with E-state index in [9.17, 15) is 19.2 Å². The van der Waals surface area contributed by atoms with E-state index in [1.54, 1.807) is 38.1 Å². The van der Waals surface area contributed by atoms with Gasteiger partial charge in [0, 0.05) is 24.5 Å². The molecule has 0 aliphatic rings. The first kappa shape index (κ1) is 23.5. The summed E-state index contributed by atoms with van der Waals surface area (Å²) < 4.78 is 14.8. The number of hydrogen-bond donors (Lipinski definition) is 2. The summed E-state index contributed by atoms with van der Waals surface area (Å²) in [6.45, 7) is 2.40. The van der Waals surface area contributed by atoms with Gasteiger partial charge in [-0.1, -0.05) is 6.07 Å². The maximum Gasteiger partial charge on any atom is 0.355 e. The Balaban J connectivity index is 1.91. The van der Waals surface area contributed by atoms with Crippen LogP contribution in [0.1, 0.15) is 32.1 Å². The predicted molar refractivity (Wildman–Crippen MR) is 111 cm³/mol. The van der Waals surface area contributed by atoms with Crippen LogP contribution in [0.5, 0.6) is 5.75 Å². The number of aryl methyl sites for hydroxylation is 1. The van der Waals surface area contributed by atoms with Gasteiger partial charge in [-0.15, -0.1) is 0 Å². The van der Waals surface area contributed by atoms with Gasteiger partial charge in [-0.05, 0) is 31.5 Å². The number of carbonyl (C=O) groups excluding carboxylic acids is 4. The van der Waals surface area contributed by atoms with Crippen molar-refractivity contribution in [1.82, 2.24) is 9.88 Å². The molecule has 31 heavy (non-hydrogen) atoms. The number of rotatable bonds is 8. The molecule has 0 fully saturated rings. The molecule has 2 N–H and O–H groups in total. The van der Waals surface area contributed by atoms with Crippen molar-refractivity contribution in [3.63, 3.8) is 0 Å². The first-order valence-electron chi connectivity index (χ1n) is 9.30. The molecule has 0 atom stereocenters. The molecule has 10 heteroatoms. The van der Waals surface area contributed by atoms with E-state index >= 15 is 0 Å². The average Bonchev–Trinajstić information content (AvgIpc) is 3.05. The number of ether oxygens (including phenoxy) is 3. The van der Waals surface area contributed by atoms with Crippen molar-refractivity contribution < 1.29 is 33.4 Å². The van der Waals surface area contributed by atoms with Crippen molar-refractivity contribution in [2.75, 3.05) is 39.7 Å². The highest BCUT2D eigenvalue weighted by molar-refractivity contribution is 5.99. The number of nitrogens with one attached hydrogen (secondary N) is 2. The molecule has 0 spiro atoms. The van der Waals surface area contributed by atoms with Crippen LogP contribution < -0.4 is 10.1 Å². The van der Waals surface area contributed by atoms with Gasteiger partial charge in [0.05, 0.1) is 26.3 Å². The summed E-state index contributed by atoms with van der Waals surface area (Å²) in [5, 5.41) is 2.66. The van der Waals surface area contributed by atoms with Crippen molar-refractivity contribution in [3.8, 4) is 5.75 Å². The van der Waals surface area contributed by atoms with Crippen LogP contribution in [0.3, 0.4) is 0 Å². The van der Waals surface area contributed by atoms with E-state index in [4.69, 9.17) is 14.2 Å². The molecule has 2 amide bonds. The molecule has 1 aromatic heterocycles. The fourth-order valence-corrected chi connectivity index (χ4v) is 2.88. The quantitative estimate of drug-likeness (QED) is 0.609. The number of aromatic amines is 1. The number of likely N-dealkylation sites (N-methyl/N-ethyl adjacent to an activating group) is 1. The fraction of sp³-hybridized carbons (Fsp3) is 0.333. The van der Waals surface area contributed by atoms with Gasteiger partial charge in [-0.25, -0.2) is 9.59 Å². The van der Waals surface area contributed by atoms with Crippen LogP contribution in [-0.4, -0.2) is 68.1 Å². The third-order valence-electron chi connectivity index (χ3n) is 4.52. The van der Waals surface area contributed by atoms with E-state index in [1.807, 2.05) is 0 Å². The Morgan fingerprint density at radius 1 is 1.10 bits per heavy atom. The number of hydrogen-bond acceptors (Lipinski definition) is 7. The molecule has 0 aliphatic heterocycles. The van der Waals surface area contributed by atoms with E-state index in [-0.39, 0.29) is 17.8 Å². The molecule has 166 valence electrons. The zero-order chi connectivity index (χ0) is 23.1. The lowest BCUT2D eigenvalue weighted by molar-refractivity contribution is -0.136. The third-order valence-corrected chi connectivity index (χ3v) is 4.52. The standard InChI is InChI=1S/C21H25N3O7/c1-12-18(20(27)30-5)13(2)22-19(12)21(28)31-11-17(26)24(3)10-16(25)23-14-7-6-8-15(9-14)29-4/h6-9,22H,10-11H2,1-5H3,(H,23,25). The Hall–Kier alpha value is -3.82. The first-order chi connectivity index (χ1) is 14.7. The van der Waals surface area contributed by atoms with Gasteiger partial charge in [-0.3, -0.25) is 9.59 Å². The Morgan fingerprint density at radius 3 is 2.45 bits per heavy atom. The van der Waals surface area contributed by atoms with E-state index in [0.717, 1.165) is 4.90 Å². The van der Waals surface area contributed by atoms with E-state index in [1.165, 1.54) is 21.3 Å². The zero-order valence-electron chi connectivity index (χ0n) is 18.0. The second kappa shape index (κ2) is 10.3. The Kier molecular flexibility index (Phi) is 7.78. The fourth-order valence-electron chi connectivity index (χ4n) is 2.88. The molecule has 0 unspecified atom stereocenters. The van der Waals surface area contributed by atoms with Gasteiger partial charge in [0.1, 0.15) is 11.4 Å². The van der Waals surface area contributed by atoms with Gasteiger partial charge in [-0.2, -0.15) is 0 Å². The SMILES string of the molecule is COC(=O)c1c(C)[nH]c(C(=O)OCC(=O)N(C)CC(=O)Nc2cccc(OC)c2)c1C. The van der Waals surface area contributed by atoms with Crippen LogP contribution >= 0.6 is 0 Å². The maximum atomic E-state index is 12.3. The number of methoxy groups -OCH3 is 2. The summed E-state index contributed by atoms with van der Waals surface area (Å²) in [4.78, 5) is 52.5. The van der Waals surface area contributed by atoms with Gasteiger partial charge >= 0.3 is 11.9 Å². The van der Waals surface area contributed by atoms with Gasteiger partial charge in [0.2, 0.25) is 5.91 Å². The molecule has 0 bridgehead atoms. The Labute approximate surface area is 179 Å². The summed E-state index contributed by atoms with van der Waals surface area (Å²) in [7, 11) is 4.17. The predicted octanol–water partition coefficient (Wildman–Crippen LogP) is 1.68. The number of amides is 2. The lowest BCUT2D eigenvalue weighted by atomic mass is 10.1. The van der Waals surface area contributed by atoms with E-state index in [0.29, 0.717) is 22.7 Å². The lowest BCUT2D eigenvalue weighted by Gasteiger charge is -2.17. The second-order valence-electron chi connectivity index (χ2n) is 6.72. The zero-order valence-corrected chi connectivity index (χ0v) is 18.0. The lowest BCUT2D eigenvalue weighted by Crippen LogP contribution is -2.37. The smallest absolute Gasteiger partial charge is 0.355 e. The highest BCUT2D eigenvalue weighted by atomic mass is 16.5. The maximum absolute atomic E-state index is 12.3. The minimum Gasteiger partial charge on any atom is -0.497 e. The highest BCUT2D eigenvalue weighted by Crippen LogP contribution is 2.20. The molecule has 2 aromatic rings. The second-order valence-corrected chi connectivity index (χ2v) is 6.72. The molecular weight excluding hydrogens is 406 g/mol. The topological polar surface area (TPSA) is 127 Å². The molecule has 0 saturated carbocycles. The highest BCUT2D eigenvalue weighted by Gasteiger charge is 2.24. The van der Waals surface area contributed by atoms with Crippen LogP contribution in [0.25, 0.3) is 0 Å². The van der Waals surface area contributed by atoms with Crippen LogP contribution in [-0.2, 0) is 19.1 Å². The van der Waals surface area contributed by atoms with Crippen molar-refractivity contribution in [2.45, 2.75) is 13.8 Å². The number of esters is 2. The van der Waals surface area contributed by atoms with Crippen LogP contribution in [0.15, 0.2) is 24.3 Å². The Bertz CT molecular complexity index is 997. The number of aromatic nitrogens is 1. The van der Waals surface area contributed by atoms with Gasteiger partial charge < -0.3 is 29.4 Å². The van der Waals surface area contributed by atoms with Crippen molar-refractivity contribution in [2.24, 2.45) is 0 Å². The summed E-state index contributed by atoms with van der Waals surface area (Å²) in [6, 6.07) is 6.79. The monoisotopic (exact) mass is 431 g/mol. The van der Waals surface area contributed by atoms with E-state index < -0.39 is 30.4 Å². The van der Waals surface area contributed by atoms with Crippen molar-refractivity contribution >= 4 is 29.4 Å². The molecular formula is C21H25N3O7. The van der Waals surface area contributed by atoms with E-state index in [2.05, 4.69) is 10.3 Å². The number of carbonyl (C=O) groups is 4. The normalized spacial score (nSPS) is 10.2. The Morgan fingerprint density at radius 2 is 1.81 bits per heavy atom. The number of nitrogens with zero attached hydrogens (tertiary/aromatic N) is 1. The summed E-state index contributed by atoms with van der Waals surface area (Å²) in [5.74, 6) is -1.78. The average molecular weight is 431 g/mol. The molecule has 0 aliphatic carbocycles. The van der Waals surface area contributed by atoms with Crippen LogP contribution in [0, 0.1) is 13.8 Å². The number of benzene rings is 1. The van der Waals surface area contributed by atoms with Crippen LogP contribution in [0.2, 0.25) is 0 Å². The molecule has 2 rings (SSSR count). The molecule has 1 aromatic carbocycles. The van der Waals surface area contributed by atoms with Crippen molar-refractivity contribution in [1.29, 1.82) is 0 Å². The van der Waals surface area contributed by atoms with Crippen LogP contribution in [0.4, 0.5) is 5.69 Å².